The van der Waals surface area contributed by atoms with E-state index in [2.05, 4.69) is 13.8 Å². The molecule has 0 unspecified atom stereocenters. The Bertz CT molecular complexity index is 665. The predicted octanol–water partition coefficient (Wildman–Crippen LogP) is 2.26. The molecule has 0 aromatic heterocycles. The Morgan fingerprint density at radius 2 is 1.92 bits per heavy atom. The largest absolute Gasteiger partial charge is 0.496 e. The van der Waals surface area contributed by atoms with Gasteiger partial charge in [-0.25, -0.2) is 4.79 Å². The molecule has 0 bridgehead atoms. The van der Waals surface area contributed by atoms with Gasteiger partial charge in [0.2, 0.25) is 0 Å². The van der Waals surface area contributed by atoms with Crippen LogP contribution in [0.1, 0.15) is 30.6 Å². The summed E-state index contributed by atoms with van der Waals surface area (Å²) in [7, 11) is 1.35. The summed E-state index contributed by atoms with van der Waals surface area (Å²) in [5, 5.41) is 10.9. The average Bonchev–Trinajstić information content (AvgIpc) is 2.57. The number of nitro groups is 1. The quantitative estimate of drug-likeness (QED) is 0.459. The molecule has 0 spiro atoms. The van der Waals surface area contributed by atoms with Crippen LogP contribution < -0.4 is 4.74 Å². The Morgan fingerprint density at radius 1 is 1.28 bits per heavy atom. The molecule has 1 amide bonds. The molecule has 25 heavy (non-hydrogen) atoms. The van der Waals surface area contributed by atoms with Gasteiger partial charge in [0.25, 0.3) is 11.6 Å². The number of nitrogens with zero attached hydrogens (tertiary/aromatic N) is 2. The number of hydrogen-bond donors (Lipinski definition) is 0. The molecule has 8 nitrogen and oxygen atoms in total. The van der Waals surface area contributed by atoms with Crippen LogP contribution in [-0.4, -0.2) is 48.5 Å². The lowest BCUT2D eigenvalue weighted by molar-refractivity contribution is -0.384. The van der Waals surface area contributed by atoms with Gasteiger partial charge >= 0.3 is 5.97 Å². The van der Waals surface area contributed by atoms with Crippen LogP contribution in [0.2, 0.25) is 0 Å². The van der Waals surface area contributed by atoms with Gasteiger partial charge in [0, 0.05) is 25.2 Å². The molecule has 2 atom stereocenters. The van der Waals surface area contributed by atoms with Gasteiger partial charge in [0.1, 0.15) is 11.3 Å². The lowest BCUT2D eigenvalue weighted by atomic mass is 9.92. The van der Waals surface area contributed by atoms with Crippen molar-refractivity contribution >= 4 is 17.6 Å². The summed E-state index contributed by atoms with van der Waals surface area (Å²) >= 11 is 0. The van der Waals surface area contributed by atoms with E-state index in [1.54, 1.807) is 4.90 Å². The molecule has 1 aromatic carbocycles. The molecule has 1 heterocycles. The molecule has 136 valence electrons. The van der Waals surface area contributed by atoms with Crippen molar-refractivity contribution in [2.24, 2.45) is 11.8 Å². The number of piperidine rings is 1. The number of rotatable bonds is 5. The predicted molar refractivity (Wildman–Crippen MR) is 89.5 cm³/mol. The van der Waals surface area contributed by atoms with Crippen LogP contribution in [0.15, 0.2) is 18.2 Å². The molecule has 1 aliphatic rings. The first-order chi connectivity index (χ1) is 11.8. The maximum absolute atomic E-state index is 12.3. The summed E-state index contributed by atoms with van der Waals surface area (Å²) < 4.78 is 10.1. The molecule has 1 aliphatic heterocycles. The van der Waals surface area contributed by atoms with Crippen molar-refractivity contribution < 1.29 is 24.0 Å². The SMILES string of the molecule is COc1ccc([N+](=O)[O-])cc1C(=O)OCC(=O)N1C[C@@H](C)C[C@H](C)C1. The van der Waals surface area contributed by atoms with E-state index in [0.29, 0.717) is 24.9 Å². The van der Waals surface area contributed by atoms with Crippen LogP contribution in [0.25, 0.3) is 0 Å². The number of methoxy groups -OCH3 is 1. The monoisotopic (exact) mass is 350 g/mol. The highest BCUT2D eigenvalue weighted by molar-refractivity contribution is 5.94. The van der Waals surface area contributed by atoms with Crippen molar-refractivity contribution in [1.29, 1.82) is 0 Å². The van der Waals surface area contributed by atoms with Crippen molar-refractivity contribution in [3.63, 3.8) is 0 Å². The zero-order valence-corrected chi connectivity index (χ0v) is 14.6. The van der Waals surface area contributed by atoms with Gasteiger partial charge < -0.3 is 14.4 Å². The second-order valence-electron chi connectivity index (χ2n) is 6.46. The van der Waals surface area contributed by atoms with E-state index in [1.807, 2.05) is 0 Å². The normalized spacial score (nSPS) is 20.0. The van der Waals surface area contributed by atoms with E-state index in [9.17, 15) is 19.7 Å². The first-order valence-electron chi connectivity index (χ1n) is 8.09. The topological polar surface area (TPSA) is 99.0 Å². The first-order valence-corrected chi connectivity index (χ1v) is 8.09. The Morgan fingerprint density at radius 3 is 2.48 bits per heavy atom. The zero-order valence-electron chi connectivity index (χ0n) is 14.6. The van der Waals surface area contributed by atoms with E-state index in [0.717, 1.165) is 12.5 Å². The zero-order chi connectivity index (χ0) is 18.6. The summed E-state index contributed by atoms with van der Waals surface area (Å²) in [6.45, 7) is 5.04. The van der Waals surface area contributed by atoms with E-state index in [1.165, 1.54) is 19.2 Å². The molecule has 0 aliphatic carbocycles. The smallest absolute Gasteiger partial charge is 0.342 e. The maximum atomic E-state index is 12.3. The number of non-ortho nitro benzene ring substituents is 1. The summed E-state index contributed by atoms with van der Waals surface area (Å²) in [5.74, 6) is -0.132. The van der Waals surface area contributed by atoms with E-state index in [-0.39, 0.29) is 22.9 Å². The van der Waals surface area contributed by atoms with Gasteiger partial charge in [0.15, 0.2) is 6.61 Å². The van der Waals surface area contributed by atoms with Crippen molar-refractivity contribution in [3.05, 3.63) is 33.9 Å². The maximum Gasteiger partial charge on any atom is 0.342 e. The van der Waals surface area contributed by atoms with Gasteiger partial charge in [-0.05, 0) is 24.3 Å². The number of amides is 1. The van der Waals surface area contributed by atoms with E-state index < -0.39 is 17.5 Å². The van der Waals surface area contributed by atoms with Crippen LogP contribution in [0.5, 0.6) is 5.75 Å². The van der Waals surface area contributed by atoms with Gasteiger partial charge in [-0.15, -0.1) is 0 Å². The molecule has 0 N–H and O–H groups in total. The van der Waals surface area contributed by atoms with Crippen molar-refractivity contribution in [1.82, 2.24) is 4.90 Å². The highest BCUT2D eigenvalue weighted by Crippen LogP contribution is 2.25. The number of nitro benzene ring substituents is 1. The standard InChI is InChI=1S/C17H22N2O6/c1-11-6-12(2)9-18(8-11)16(20)10-25-17(21)14-7-13(19(22)23)4-5-15(14)24-3/h4-5,7,11-12H,6,8-10H2,1-3H3/t11-,12-/m0/s1. The van der Waals surface area contributed by atoms with Gasteiger partial charge in [-0.2, -0.15) is 0 Å². The third-order valence-electron chi connectivity index (χ3n) is 4.16. The number of esters is 1. The summed E-state index contributed by atoms with van der Waals surface area (Å²) in [6.07, 6.45) is 1.06. The molecule has 8 heteroatoms. The Balaban J connectivity index is 2.03. The van der Waals surface area contributed by atoms with Crippen LogP contribution in [0.3, 0.4) is 0 Å². The molecule has 1 aromatic rings. The number of carbonyl (C=O) groups excluding carboxylic acids is 2. The van der Waals surface area contributed by atoms with E-state index in [4.69, 9.17) is 9.47 Å². The van der Waals surface area contributed by atoms with Crippen LogP contribution in [0.4, 0.5) is 5.69 Å². The van der Waals surface area contributed by atoms with Crippen molar-refractivity contribution in [3.8, 4) is 5.75 Å². The second-order valence-corrected chi connectivity index (χ2v) is 6.46. The molecule has 0 saturated carbocycles. The lowest BCUT2D eigenvalue weighted by Gasteiger charge is -2.34. The molecular formula is C17H22N2O6. The first kappa shape index (κ1) is 18.7. The van der Waals surface area contributed by atoms with Crippen LogP contribution in [0, 0.1) is 22.0 Å². The minimum absolute atomic E-state index is 0.0788. The number of ether oxygens (including phenoxy) is 2. The molecule has 2 rings (SSSR count). The van der Waals surface area contributed by atoms with Gasteiger partial charge in [-0.1, -0.05) is 13.8 Å². The number of likely N-dealkylation sites (tertiary alicyclic amines) is 1. The Kier molecular flexibility index (Phi) is 5.95. The van der Waals surface area contributed by atoms with E-state index >= 15 is 0 Å². The van der Waals surface area contributed by atoms with Gasteiger partial charge in [0.05, 0.1) is 12.0 Å². The molecular weight excluding hydrogens is 328 g/mol. The van der Waals surface area contributed by atoms with Crippen LogP contribution >= 0.6 is 0 Å². The van der Waals surface area contributed by atoms with Gasteiger partial charge in [-0.3, -0.25) is 14.9 Å². The minimum Gasteiger partial charge on any atom is -0.496 e. The van der Waals surface area contributed by atoms with Crippen molar-refractivity contribution in [2.75, 3.05) is 26.8 Å². The minimum atomic E-state index is -0.827. The number of hydrogen-bond acceptors (Lipinski definition) is 6. The molecule has 1 fully saturated rings. The summed E-state index contributed by atoms with van der Waals surface area (Å²) in [6, 6.07) is 3.64. The fourth-order valence-corrected chi connectivity index (χ4v) is 3.13. The lowest BCUT2D eigenvalue weighted by Crippen LogP contribution is -2.44. The number of carbonyl (C=O) groups is 2. The second kappa shape index (κ2) is 7.96. The average molecular weight is 350 g/mol. The Hall–Kier alpha value is -2.64. The fourth-order valence-electron chi connectivity index (χ4n) is 3.13. The molecule has 1 saturated heterocycles. The molecule has 0 radical (unpaired) electrons. The fraction of sp³-hybridized carbons (Fsp3) is 0.529. The Labute approximate surface area is 145 Å². The third kappa shape index (κ3) is 4.68. The third-order valence-corrected chi connectivity index (χ3v) is 4.16. The van der Waals surface area contributed by atoms with Crippen molar-refractivity contribution in [2.45, 2.75) is 20.3 Å². The number of benzene rings is 1. The summed E-state index contributed by atoms with van der Waals surface area (Å²) in [4.78, 5) is 36.4. The summed E-state index contributed by atoms with van der Waals surface area (Å²) in [5.41, 5.74) is -0.331. The highest BCUT2D eigenvalue weighted by Gasteiger charge is 2.26. The van der Waals surface area contributed by atoms with Crippen LogP contribution in [-0.2, 0) is 9.53 Å². The highest BCUT2D eigenvalue weighted by atomic mass is 16.6.